The molecule has 146 valence electrons. The van der Waals surface area contributed by atoms with Crippen LogP contribution in [0.5, 0.6) is 5.75 Å². The van der Waals surface area contributed by atoms with Gasteiger partial charge >= 0.3 is 5.97 Å². The van der Waals surface area contributed by atoms with Crippen molar-refractivity contribution in [1.82, 2.24) is 0 Å². The number of benzene rings is 2. The van der Waals surface area contributed by atoms with Gasteiger partial charge in [0.05, 0.1) is 17.9 Å². The van der Waals surface area contributed by atoms with E-state index in [9.17, 15) is 22.7 Å². The Morgan fingerprint density at radius 2 is 1.86 bits per heavy atom. The Morgan fingerprint density at radius 3 is 2.39 bits per heavy atom. The lowest BCUT2D eigenvalue weighted by Gasteiger charge is -2.12. The lowest BCUT2D eigenvalue weighted by Crippen LogP contribution is -2.11. The minimum Gasteiger partial charge on any atom is -0.494 e. The summed E-state index contributed by atoms with van der Waals surface area (Å²) in [5.41, 5.74) is 3.03. The van der Waals surface area contributed by atoms with Gasteiger partial charge in [0, 0.05) is 6.26 Å². The Morgan fingerprint density at radius 1 is 1.21 bits per heavy atom. The zero-order chi connectivity index (χ0) is 20.6. The van der Waals surface area contributed by atoms with Crippen molar-refractivity contribution >= 4 is 33.5 Å². The van der Waals surface area contributed by atoms with E-state index in [2.05, 4.69) is 0 Å². The van der Waals surface area contributed by atoms with Gasteiger partial charge in [0.2, 0.25) is 0 Å². The van der Waals surface area contributed by atoms with Gasteiger partial charge in [0.1, 0.15) is 0 Å². The molecule has 0 fully saturated rings. The fourth-order valence-electron chi connectivity index (χ4n) is 3.11. The third kappa shape index (κ3) is 3.71. The summed E-state index contributed by atoms with van der Waals surface area (Å²) >= 11 is 0. The van der Waals surface area contributed by atoms with E-state index in [1.54, 1.807) is 31.2 Å². The summed E-state index contributed by atoms with van der Waals surface area (Å²) in [5, 5.41) is 9.45. The summed E-state index contributed by atoms with van der Waals surface area (Å²) < 4.78 is 42.5. The molecule has 1 N–H and O–H groups in total. The van der Waals surface area contributed by atoms with Crippen LogP contribution in [0.2, 0.25) is 0 Å². The number of fused-ring (bicyclic) bond motifs is 1. The van der Waals surface area contributed by atoms with Crippen molar-refractivity contribution < 1.29 is 27.4 Å². The lowest BCUT2D eigenvalue weighted by molar-refractivity contribution is -0.139. The van der Waals surface area contributed by atoms with Crippen LogP contribution >= 0.6 is 0 Å². The lowest BCUT2D eigenvalue weighted by atomic mass is 9.92. The Kier molecular flexibility index (Phi) is 5.12. The molecular formula is C21H19FO5S. The van der Waals surface area contributed by atoms with Gasteiger partial charge in [0.15, 0.2) is 21.4 Å². The molecule has 0 aromatic heterocycles. The molecule has 0 spiro atoms. The molecule has 2 aromatic carbocycles. The molecule has 0 amide bonds. The number of carboxylic acids is 1. The van der Waals surface area contributed by atoms with Crippen molar-refractivity contribution in [3.63, 3.8) is 0 Å². The van der Waals surface area contributed by atoms with E-state index < -0.39 is 27.5 Å². The molecule has 0 saturated heterocycles. The first kappa shape index (κ1) is 19.8. The second-order valence-corrected chi connectivity index (χ2v) is 8.65. The first-order valence-electron chi connectivity index (χ1n) is 8.46. The average Bonchev–Trinajstić information content (AvgIpc) is 2.97. The number of rotatable bonds is 5. The highest BCUT2D eigenvalue weighted by molar-refractivity contribution is 7.90. The number of carbonyl (C=O) groups is 1. The summed E-state index contributed by atoms with van der Waals surface area (Å²) in [6.45, 7) is 1.56. The second kappa shape index (κ2) is 7.24. The van der Waals surface area contributed by atoms with Crippen molar-refractivity contribution in [1.29, 1.82) is 0 Å². The Balaban J connectivity index is 2.14. The standard InChI is InChI=1S/C21H19FO5S/c1-12(21(23)24)16-9-14-10-20(27-2)19(22)11-17(14)18(16)8-13-4-6-15(7-5-13)28(3,25)26/h4-12H,1-3H3,(H,23,24)/b18-8-. The molecule has 28 heavy (non-hydrogen) atoms. The highest BCUT2D eigenvalue weighted by Gasteiger charge is 2.28. The summed E-state index contributed by atoms with van der Waals surface area (Å²) in [5.74, 6) is -2.26. The molecule has 1 aliphatic carbocycles. The number of sulfone groups is 1. The zero-order valence-corrected chi connectivity index (χ0v) is 16.4. The number of allylic oxidation sites excluding steroid dienone is 1. The first-order chi connectivity index (χ1) is 13.1. The third-order valence-corrected chi connectivity index (χ3v) is 5.82. The minimum atomic E-state index is -3.32. The quantitative estimate of drug-likeness (QED) is 0.821. The molecule has 1 unspecified atom stereocenters. The topological polar surface area (TPSA) is 80.7 Å². The number of aliphatic carboxylic acids is 1. The van der Waals surface area contributed by atoms with Crippen molar-refractivity contribution in [3.8, 4) is 5.75 Å². The van der Waals surface area contributed by atoms with Crippen LogP contribution in [0.15, 0.2) is 46.9 Å². The predicted molar refractivity (Wildman–Crippen MR) is 105 cm³/mol. The highest BCUT2D eigenvalue weighted by atomic mass is 32.2. The van der Waals surface area contributed by atoms with E-state index in [1.807, 2.05) is 0 Å². The maximum Gasteiger partial charge on any atom is 0.310 e. The van der Waals surface area contributed by atoms with Crippen molar-refractivity contribution in [2.45, 2.75) is 11.8 Å². The van der Waals surface area contributed by atoms with E-state index in [0.29, 0.717) is 27.8 Å². The molecule has 7 heteroatoms. The predicted octanol–water partition coefficient (Wildman–Crippen LogP) is 3.90. The van der Waals surface area contributed by atoms with Crippen molar-refractivity contribution in [3.05, 3.63) is 64.5 Å². The monoisotopic (exact) mass is 402 g/mol. The molecule has 0 bridgehead atoms. The maximum atomic E-state index is 14.3. The molecule has 0 radical (unpaired) electrons. The van der Waals surface area contributed by atoms with Gasteiger partial charge in [-0.1, -0.05) is 12.1 Å². The molecule has 1 aliphatic rings. The van der Waals surface area contributed by atoms with Crippen molar-refractivity contribution in [2.75, 3.05) is 13.4 Å². The number of methoxy groups -OCH3 is 1. The molecule has 2 aromatic rings. The van der Waals surface area contributed by atoms with Gasteiger partial charge < -0.3 is 9.84 Å². The van der Waals surface area contributed by atoms with Crippen LogP contribution in [0.4, 0.5) is 4.39 Å². The van der Waals surface area contributed by atoms with Gasteiger partial charge in [-0.05, 0) is 71.2 Å². The van der Waals surface area contributed by atoms with E-state index in [-0.39, 0.29) is 10.6 Å². The Bertz CT molecular complexity index is 1110. The van der Waals surface area contributed by atoms with Crippen LogP contribution in [0.25, 0.3) is 17.7 Å². The molecular weight excluding hydrogens is 383 g/mol. The van der Waals surface area contributed by atoms with E-state index >= 15 is 0 Å². The Hall–Kier alpha value is -2.93. The normalized spacial score (nSPS) is 15.9. The number of carboxylic acid groups (broad SMARTS) is 1. The summed E-state index contributed by atoms with van der Waals surface area (Å²) in [4.78, 5) is 11.7. The molecule has 0 saturated carbocycles. The fourth-order valence-corrected chi connectivity index (χ4v) is 3.74. The SMILES string of the molecule is COc1cc2c(cc1F)/C(=C\c1ccc(S(C)(=O)=O)cc1)C(C(C)C(=O)O)=C2. The van der Waals surface area contributed by atoms with Gasteiger partial charge in [-0.15, -0.1) is 0 Å². The molecule has 0 heterocycles. The number of hydrogen-bond acceptors (Lipinski definition) is 4. The highest BCUT2D eigenvalue weighted by Crippen LogP contribution is 2.42. The van der Waals surface area contributed by atoms with Crippen LogP contribution in [0, 0.1) is 11.7 Å². The van der Waals surface area contributed by atoms with Gasteiger partial charge in [-0.3, -0.25) is 4.79 Å². The largest absolute Gasteiger partial charge is 0.494 e. The van der Waals surface area contributed by atoms with Crippen LogP contribution in [-0.2, 0) is 14.6 Å². The fraction of sp³-hybridized carbons (Fsp3) is 0.190. The van der Waals surface area contributed by atoms with Crippen LogP contribution < -0.4 is 4.74 Å². The summed E-state index contributed by atoms with van der Waals surface area (Å²) in [6, 6.07) is 9.08. The van der Waals surface area contributed by atoms with Crippen LogP contribution in [-0.4, -0.2) is 32.9 Å². The number of ether oxygens (including phenoxy) is 1. The van der Waals surface area contributed by atoms with E-state index in [0.717, 1.165) is 6.26 Å². The van der Waals surface area contributed by atoms with Crippen LogP contribution in [0.3, 0.4) is 0 Å². The maximum absolute atomic E-state index is 14.3. The second-order valence-electron chi connectivity index (χ2n) is 6.63. The van der Waals surface area contributed by atoms with E-state index in [1.165, 1.54) is 31.4 Å². The minimum absolute atomic E-state index is 0.0797. The molecule has 0 aliphatic heterocycles. The van der Waals surface area contributed by atoms with E-state index in [4.69, 9.17) is 4.74 Å². The average molecular weight is 402 g/mol. The third-order valence-electron chi connectivity index (χ3n) is 4.69. The zero-order valence-electron chi connectivity index (χ0n) is 15.6. The molecule has 5 nitrogen and oxygen atoms in total. The van der Waals surface area contributed by atoms with Gasteiger partial charge in [-0.25, -0.2) is 12.8 Å². The smallest absolute Gasteiger partial charge is 0.310 e. The molecule has 1 atom stereocenters. The van der Waals surface area contributed by atoms with Gasteiger partial charge in [-0.2, -0.15) is 0 Å². The Labute approximate surface area is 162 Å². The summed E-state index contributed by atoms with van der Waals surface area (Å²) in [7, 11) is -1.95. The van der Waals surface area contributed by atoms with Gasteiger partial charge in [0.25, 0.3) is 0 Å². The number of halogens is 1. The van der Waals surface area contributed by atoms with Crippen LogP contribution in [0.1, 0.15) is 23.6 Å². The molecule has 3 rings (SSSR count). The first-order valence-corrected chi connectivity index (χ1v) is 10.4. The number of hydrogen-bond donors (Lipinski definition) is 1. The van der Waals surface area contributed by atoms with Crippen molar-refractivity contribution in [2.24, 2.45) is 5.92 Å². The summed E-state index contributed by atoms with van der Waals surface area (Å²) in [6.07, 6.45) is 4.57.